The van der Waals surface area contributed by atoms with Crippen LogP contribution in [-0.2, 0) is 6.54 Å². The predicted molar refractivity (Wildman–Crippen MR) is 72.8 cm³/mol. The SMILES string of the molecule is NNc1nc(Cn2cnccc2=O)nc2sccc12. The summed E-state index contributed by atoms with van der Waals surface area (Å²) in [5, 5.41) is 2.79. The fourth-order valence-corrected chi connectivity index (χ4v) is 2.51. The van der Waals surface area contributed by atoms with Gasteiger partial charge in [0.1, 0.15) is 4.83 Å². The molecule has 0 spiro atoms. The zero-order valence-corrected chi connectivity index (χ0v) is 10.6. The topological polar surface area (TPSA) is 98.7 Å². The summed E-state index contributed by atoms with van der Waals surface area (Å²) in [7, 11) is 0. The molecule has 3 aromatic rings. The molecule has 0 aliphatic carbocycles. The van der Waals surface area contributed by atoms with E-state index in [1.165, 1.54) is 34.5 Å². The van der Waals surface area contributed by atoms with Crippen molar-refractivity contribution in [1.82, 2.24) is 19.5 Å². The minimum atomic E-state index is -0.146. The molecule has 0 aromatic carbocycles. The van der Waals surface area contributed by atoms with E-state index in [0.717, 1.165) is 10.2 Å². The molecule has 0 bridgehead atoms. The molecule has 0 atom stereocenters. The minimum Gasteiger partial charge on any atom is -0.308 e. The number of anilines is 1. The largest absolute Gasteiger partial charge is 0.308 e. The molecule has 0 saturated carbocycles. The standard InChI is InChI=1S/C11H10N6OS/c12-16-10-7-2-4-19-11(7)15-8(14-10)5-17-6-13-3-1-9(17)18/h1-4,6H,5,12H2,(H,14,15,16). The van der Waals surface area contributed by atoms with Gasteiger partial charge >= 0.3 is 0 Å². The number of nitrogens with zero attached hydrogens (tertiary/aromatic N) is 4. The second-order valence-electron chi connectivity index (χ2n) is 3.82. The molecule has 0 unspecified atom stereocenters. The molecule has 3 aromatic heterocycles. The Kier molecular flexibility index (Phi) is 2.94. The summed E-state index contributed by atoms with van der Waals surface area (Å²) < 4.78 is 1.44. The van der Waals surface area contributed by atoms with Crippen molar-refractivity contribution in [2.75, 3.05) is 5.43 Å². The lowest BCUT2D eigenvalue weighted by Gasteiger charge is -2.06. The molecule has 3 rings (SSSR count). The third kappa shape index (κ3) is 2.18. The molecule has 0 aliphatic rings. The van der Waals surface area contributed by atoms with E-state index < -0.39 is 0 Å². The van der Waals surface area contributed by atoms with E-state index in [4.69, 9.17) is 5.84 Å². The van der Waals surface area contributed by atoms with Crippen molar-refractivity contribution in [1.29, 1.82) is 0 Å². The molecular formula is C11H10N6OS. The first-order valence-electron chi connectivity index (χ1n) is 5.49. The summed E-state index contributed by atoms with van der Waals surface area (Å²) in [6.45, 7) is 0.259. The number of nitrogen functional groups attached to an aromatic ring is 1. The van der Waals surface area contributed by atoms with Gasteiger partial charge in [-0.25, -0.2) is 20.8 Å². The van der Waals surface area contributed by atoms with Crippen LogP contribution in [0, 0.1) is 0 Å². The third-order valence-corrected chi connectivity index (χ3v) is 3.42. The molecule has 3 N–H and O–H groups in total. The summed E-state index contributed by atoms with van der Waals surface area (Å²) >= 11 is 1.50. The van der Waals surface area contributed by atoms with Gasteiger partial charge in [0.15, 0.2) is 11.6 Å². The average Bonchev–Trinajstić information content (AvgIpc) is 2.89. The second-order valence-corrected chi connectivity index (χ2v) is 4.71. The molecule has 96 valence electrons. The van der Waals surface area contributed by atoms with Gasteiger partial charge in [-0.2, -0.15) is 0 Å². The van der Waals surface area contributed by atoms with E-state index in [1.54, 1.807) is 0 Å². The van der Waals surface area contributed by atoms with Crippen molar-refractivity contribution in [3.8, 4) is 0 Å². The van der Waals surface area contributed by atoms with E-state index in [1.807, 2.05) is 11.4 Å². The highest BCUT2D eigenvalue weighted by molar-refractivity contribution is 7.16. The maximum atomic E-state index is 11.6. The lowest BCUT2D eigenvalue weighted by atomic mass is 10.4. The number of hydrogen-bond acceptors (Lipinski definition) is 7. The molecule has 19 heavy (non-hydrogen) atoms. The first kappa shape index (κ1) is 11.8. The summed E-state index contributed by atoms with van der Waals surface area (Å²) in [4.78, 5) is 25.1. The zero-order chi connectivity index (χ0) is 13.2. The zero-order valence-electron chi connectivity index (χ0n) is 9.78. The first-order chi connectivity index (χ1) is 9.28. The number of nitrogens with two attached hydrogens (primary N) is 1. The highest BCUT2D eigenvalue weighted by Gasteiger charge is 2.08. The highest BCUT2D eigenvalue weighted by Crippen LogP contribution is 2.24. The van der Waals surface area contributed by atoms with E-state index in [-0.39, 0.29) is 12.1 Å². The molecule has 0 amide bonds. The number of fused-ring (bicyclic) bond motifs is 1. The van der Waals surface area contributed by atoms with Gasteiger partial charge in [0, 0.05) is 12.3 Å². The van der Waals surface area contributed by atoms with Crippen LogP contribution in [0.1, 0.15) is 5.82 Å². The smallest absolute Gasteiger partial charge is 0.253 e. The number of hydrogen-bond donors (Lipinski definition) is 2. The molecule has 0 radical (unpaired) electrons. The summed E-state index contributed by atoms with van der Waals surface area (Å²) in [6, 6.07) is 3.29. The maximum Gasteiger partial charge on any atom is 0.253 e. The van der Waals surface area contributed by atoms with Crippen LogP contribution in [0.3, 0.4) is 0 Å². The van der Waals surface area contributed by atoms with E-state index >= 15 is 0 Å². The Hall–Kier alpha value is -2.32. The van der Waals surface area contributed by atoms with E-state index in [2.05, 4.69) is 20.4 Å². The van der Waals surface area contributed by atoms with Crippen molar-refractivity contribution >= 4 is 27.4 Å². The Balaban J connectivity index is 2.06. The Morgan fingerprint density at radius 1 is 1.37 bits per heavy atom. The van der Waals surface area contributed by atoms with Gasteiger partial charge in [0.25, 0.3) is 5.56 Å². The number of thiophene rings is 1. The number of hydrazine groups is 1. The summed E-state index contributed by atoms with van der Waals surface area (Å²) in [5.41, 5.74) is 2.40. The second kappa shape index (κ2) is 4.75. The quantitative estimate of drug-likeness (QED) is 0.535. The number of rotatable bonds is 3. The molecule has 0 saturated heterocycles. The first-order valence-corrected chi connectivity index (χ1v) is 6.37. The van der Waals surface area contributed by atoms with Gasteiger partial charge in [-0.1, -0.05) is 0 Å². The lowest BCUT2D eigenvalue weighted by Crippen LogP contribution is -2.21. The fraction of sp³-hybridized carbons (Fsp3) is 0.0909. The molecule has 0 fully saturated rings. The Morgan fingerprint density at radius 2 is 2.26 bits per heavy atom. The fourth-order valence-electron chi connectivity index (χ4n) is 1.73. The van der Waals surface area contributed by atoms with Gasteiger partial charge in [-0.05, 0) is 11.4 Å². The van der Waals surface area contributed by atoms with E-state index in [0.29, 0.717) is 11.6 Å². The van der Waals surface area contributed by atoms with Gasteiger partial charge < -0.3 is 5.43 Å². The van der Waals surface area contributed by atoms with Crippen LogP contribution < -0.4 is 16.8 Å². The lowest BCUT2D eigenvalue weighted by molar-refractivity contribution is 0.701. The number of nitrogens with one attached hydrogen (secondary N) is 1. The van der Waals surface area contributed by atoms with E-state index in [9.17, 15) is 4.79 Å². The average molecular weight is 274 g/mol. The number of aromatic nitrogens is 4. The molecule has 8 heteroatoms. The van der Waals surface area contributed by atoms with Gasteiger partial charge in [0.2, 0.25) is 0 Å². The Bertz CT molecular complexity index is 780. The summed E-state index contributed by atoms with van der Waals surface area (Å²) in [6.07, 6.45) is 2.91. The van der Waals surface area contributed by atoms with Gasteiger partial charge in [-0.3, -0.25) is 9.36 Å². The Labute approximate surface area is 111 Å². The van der Waals surface area contributed by atoms with Crippen molar-refractivity contribution in [3.63, 3.8) is 0 Å². The van der Waals surface area contributed by atoms with Crippen LogP contribution in [0.2, 0.25) is 0 Å². The van der Waals surface area contributed by atoms with Crippen LogP contribution in [0.25, 0.3) is 10.2 Å². The highest BCUT2D eigenvalue weighted by atomic mass is 32.1. The van der Waals surface area contributed by atoms with Gasteiger partial charge in [-0.15, -0.1) is 11.3 Å². The monoisotopic (exact) mass is 274 g/mol. The molecule has 7 nitrogen and oxygen atoms in total. The van der Waals surface area contributed by atoms with Crippen LogP contribution in [0.4, 0.5) is 5.82 Å². The van der Waals surface area contributed by atoms with Crippen LogP contribution in [0.15, 0.2) is 34.8 Å². The predicted octanol–water partition coefficient (Wildman–Crippen LogP) is 0.582. The normalized spacial score (nSPS) is 10.8. The van der Waals surface area contributed by atoms with Gasteiger partial charge in [0.05, 0.1) is 18.3 Å². The van der Waals surface area contributed by atoms with Crippen molar-refractivity contribution in [2.24, 2.45) is 5.84 Å². The maximum absolute atomic E-state index is 11.6. The van der Waals surface area contributed by atoms with Crippen molar-refractivity contribution < 1.29 is 0 Å². The van der Waals surface area contributed by atoms with Crippen molar-refractivity contribution in [3.05, 3.63) is 46.2 Å². The van der Waals surface area contributed by atoms with Crippen LogP contribution >= 0.6 is 11.3 Å². The molecular weight excluding hydrogens is 264 g/mol. The third-order valence-electron chi connectivity index (χ3n) is 2.61. The minimum absolute atomic E-state index is 0.146. The van der Waals surface area contributed by atoms with Crippen LogP contribution in [0.5, 0.6) is 0 Å². The summed E-state index contributed by atoms with van der Waals surface area (Å²) in [5.74, 6) is 6.52. The van der Waals surface area contributed by atoms with Crippen molar-refractivity contribution in [2.45, 2.75) is 6.54 Å². The molecule has 3 heterocycles. The molecule has 0 aliphatic heterocycles. The van der Waals surface area contributed by atoms with Crippen LogP contribution in [-0.4, -0.2) is 19.5 Å². The Morgan fingerprint density at radius 3 is 3.05 bits per heavy atom.